The molecule has 2 aromatic rings. The number of nitrogens with zero attached hydrogens (tertiary/aromatic N) is 4. The Labute approximate surface area is 386 Å². The van der Waals surface area contributed by atoms with Gasteiger partial charge in [0.1, 0.15) is 0 Å². The number of nitrogens with one attached hydrogen (secondary N) is 2. The molecule has 0 radical (unpaired) electrons. The van der Waals surface area contributed by atoms with Gasteiger partial charge in [-0.15, -0.1) is 0 Å². The predicted octanol–water partition coefficient (Wildman–Crippen LogP) is 9.58. The average Bonchev–Trinajstić information content (AvgIpc) is 3.26. The molecule has 1 fully saturated rings. The van der Waals surface area contributed by atoms with Crippen molar-refractivity contribution in [3.8, 4) is 0 Å². The second-order valence-electron chi connectivity index (χ2n) is 18.2. The van der Waals surface area contributed by atoms with Gasteiger partial charge in [0.2, 0.25) is 11.8 Å². The SMILES string of the molecule is CCCCCCCCCCCCc1ccc(NC(=O)CN2CCN(CC(=O)O)CCN(CC(=O)Nc3ccc(CCCCCCCCCCCC)cc3)CCN(CC(=O)O)CC2)cc1. The van der Waals surface area contributed by atoms with Crippen LogP contribution in [0.5, 0.6) is 0 Å². The molecule has 0 atom stereocenters. The summed E-state index contributed by atoms with van der Waals surface area (Å²) in [7, 11) is 0. The normalized spacial score (nSPS) is 15.0. The molecule has 2 amide bonds. The molecule has 0 aliphatic carbocycles. The number of hydrogen-bond donors (Lipinski definition) is 4. The van der Waals surface area contributed by atoms with E-state index in [2.05, 4.69) is 48.7 Å². The molecule has 1 saturated heterocycles. The highest BCUT2D eigenvalue weighted by atomic mass is 16.4. The molecule has 0 spiro atoms. The van der Waals surface area contributed by atoms with Crippen LogP contribution in [0, 0.1) is 0 Å². The Hall–Kier alpha value is -3.84. The molecule has 1 heterocycles. The first-order valence-corrected chi connectivity index (χ1v) is 25.2. The van der Waals surface area contributed by atoms with Crippen LogP contribution in [0.2, 0.25) is 0 Å². The molecule has 0 saturated carbocycles. The van der Waals surface area contributed by atoms with E-state index in [1.54, 1.807) is 0 Å². The van der Waals surface area contributed by atoms with Crippen LogP contribution in [0.1, 0.15) is 153 Å². The van der Waals surface area contributed by atoms with Crippen LogP contribution >= 0.6 is 0 Å². The minimum atomic E-state index is -0.943. The van der Waals surface area contributed by atoms with E-state index in [9.17, 15) is 29.4 Å². The summed E-state index contributed by atoms with van der Waals surface area (Å²) < 4.78 is 0. The fraction of sp³-hybridized carbons (Fsp3) is 0.692. The lowest BCUT2D eigenvalue weighted by atomic mass is 10.0. The van der Waals surface area contributed by atoms with Gasteiger partial charge < -0.3 is 20.8 Å². The van der Waals surface area contributed by atoms with Crippen molar-refractivity contribution < 1.29 is 29.4 Å². The first-order valence-electron chi connectivity index (χ1n) is 25.2. The second-order valence-corrected chi connectivity index (χ2v) is 18.2. The molecule has 0 bridgehead atoms. The van der Waals surface area contributed by atoms with Crippen LogP contribution in [0.4, 0.5) is 11.4 Å². The summed E-state index contributed by atoms with van der Waals surface area (Å²) in [5.41, 5.74) is 3.98. The predicted molar refractivity (Wildman–Crippen MR) is 262 cm³/mol. The lowest BCUT2D eigenvalue weighted by Gasteiger charge is -2.33. The zero-order chi connectivity index (χ0) is 46.0. The van der Waals surface area contributed by atoms with E-state index in [1.807, 2.05) is 43.9 Å². The van der Waals surface area contributed by atoms with E-state index < -0.39 is 11.9 Å². The highest BCUT2D eigenvalue weighted by Crippen LogP contribution is 2.17. The van der Waals surface area contributed by atoms with Gasteiger partial charge >= 0.3 is 11.9 Å². The van der Waals surface area contributed by atoms with Gasteiger partial charge in [-0.25, -0.2) is 0 Å². The van der Waals surface area contributed by atoms with Crippen molar-refractivity contribution in [2.75, 3.05) is 89.2 Å². The third-order valence-corrected chi connectivity index (χ3v) is 12.5. The Kier molecular flexibility index (Phi) is 29.4. The van der Waals surface area contributed by atoms with Gasteiger partial charge in [0.25, 0.3) is 0 Å². The van der Waals surface area contributed by atoms with Crippen molar-refractivity contribution in [3.05, 3.63) is 59.7 Å². The summed E-state index contributed by atoms with van der Waals surface area (Å²) in [5, 5.41) is 25.5. The van der Waals surface area contributed by atoms with Gasteiger partial charge in [-0.05, 0) is 61.1 Å². The molecule has 360 valence electrons. The minimum Gasteiger partial charge on any atom is -0.480 e. The Morgan fingerprint density at radius 3 is 0.906 bits per heavy atom. The van der Waals surface area contributed by atoms with E-state index in [0.29, 0.717) is 52.4 Å². The lowest BCUT2D eigenvalue weighted by Crippen LogP contribution is -2.49. The number of aliphatic carboxylic acids is 2. The van der Waals surface area contributed by atoms with Crippen molar-refractivity contribution in [2.24, 2.45) is 0 Å². The number of rotatable bonds is 32. The molecule has 0 unspecified atom stereocenters. The first kappa shape index (κ1) is 54.5. The average molecular weight is 891 g/mol. The van der Waals surface area contributed by atoms with Gasteiger partial charge in [-0.2, -0.15) is 0 Å². The summed E-state index contributed by atoms with van der Waals surface area (Å²) in [5.74, 6) is -2.24. The van der Waals surface area contributed by atoms with E-state index in [-0.39, 0.29) is 38.0 Å². The number of carbonyl (C=O) groups is 4. The molecular weight excluding hydrogens is 805 g/mol. The third kappa shape index (κ3) is 26.8. The van der Waals surface area contributed by atoms with Crippen LogP contribution in [0.15, 0.2) is 48.5 Å². The van der Waals surface area contributed by atoms with Gasteiger partial charge in [-0.1, -0.05) is 154 Å². The zero-order valence-electron chi connectivity index (χ0n) is 40.0. The number of anilines is 2. The van der Waals surface area contributed by atoms with E-state index in [1.165, 1.54) is 127 Å². The minimum absolute atomic E-state index is 0.0920. The van der Waals surface area contributed by atoms with Crippen LogP contribution in [0.3, 0.4) is 0 Å². The Morgan fingerprint density at radius 2 is 0.641 bits per heavy atom. The van der Waals surface area contributed by atoms with Crippen LogP contribution < -0.4 is 10.6 Å². The number of hydrogen-bond acceptors (Lipinski definition) is 8. The number of amides is 2. The maximum absolute atomic E-state index is 13.3. The van der Waals surface area contributed by atoms with E-state index >= 15 is 0 Å². The Bertz CT molecular complexity index is 1430. The first-order chi connectivity index (χ1) is 31.1. The number of aryl methyl sites for hydroxylation is 2. The maximum Gasteiger partial charge on any atom is 0.317 e. The molecule has 3 rings (SSSR count). The molecule has 2 aromatic carbocycles. The van der Waals surface area contributed by atoms with Crippen molar-refractivity contribution >= 4 is 35.1 Å². The quantitative estimate of drug-likeness (QED) is 0.0524. The fourth-order valence-corrected chi connectivity index (χ4v) is 8.54. The summed E-state index contributed by atoms with van der Waals surface area (Å²) in [4.78, 5) is 58.1. The summed E-state index contributed by atoms with van der Waals surface area (Å²) >= 11 is 0. The van der Waals surface area contributed by atoms with E-state index in [4.69, 9.17) is 0 Å². The number of benzene rings is 2. The second kappa shape index (κ2) is 34.5. The molecule has 12 heteroatoms. The molecular formula is C52H86N6O6. The van der Waals surface area contributed by atoms with Gasteiger partial charge in [0, 0.05) is 63.7 Å². The molecule has 0 aromatic heterocycles. The van der Waals surface area contributed by atoms with Crippen molar-refractivity contribution in [1.29, 1.82) is 0 Å². The molecule has 1 aliphatic heterocycles. The van der Waals surface area contributed by atoms with Crippen LogP contribution in [-0.2, 0) is 32.0 Å². The summed E-state index contributed by atoms with van der Waals surface area (Å²) in [6, 6.07) is 16.1. The summed E-state index contributed by atoms with van der Waals surface area (Å²) in [6.45, 7) is 7.67. The molecule has 64 heavy (non-hydrogen) atoms. The highest BCUT2D eigenvalue weighted by molar-refractivity contribution is 5.92. The summed E-state index contributed by atoms with van der Waals surface area (Å²) in [6.07, 6.45) is 28.2. The number of carbonyl (C=O) groups excluding carboxylic acids is 2. The van der Waals surface area contributed by atoms with Crippen molar-refractivity contribution in [2.45, 2.75) is 155 Å². The lowest BCUT2D eigenvalue weighted by molar-refractivity contribution is -0.139. The highest BCUT2D eigenvalue weighted by Gasteiger charge is 2.21. The van der Waals surface area contributed by atoms with E-state index in [0.717, 1.165) is 37.1 Å². The van der Waals surface area contributed by atoms with Gasteiger partial charge in [0.05, 0.1) is 26.2 Å². The molecule has 4 N–H and O–H groups in total. The molecule has 1 aliphatic rings. The van der Waals surface area contributed by atoms with Crippen LogP contribution in [-0.4, -0.2) is 132 Å². The van der Waals surface area contributed by atoms with Gasteiger partial charge in [-0.3, -0.25) is 38.8 Å². The van der Waals surface area contributed by atoms with Crippen molar-refractivity contribution in [1.82, 2.24) is 19.6 Å². The number of unbranched alkanes of at least 4 members (excludes halogenated alkanes) is 18. The van der Waals surface area contributed by atoms with Crippen molar-refractivity contribution in [3.63, 3.8) is 0 Å². The largest absolute Gasteiger partial charge is 0.480 e. The topological polar surface area (TPSA) is 146 Å². The monoisotopic (exact) mass is 891 g/mol. The number of carboxylic acids is 2. The Morgan fingerprint density at radius 1 is 0.391 bits per heavy atom. The third-order valence-electron chi connectivity index (χ3n) is 12.5. The number of carboxylic acid groups (broad SMARTS) is 2. The van der Waals surface area contributed by atoms with Crippen LogP contribution in [0.25, 0.3) is 0 Å². The zero-order valence-corrected chi connectivity index (χ0v) is 40.0. The maximum atomic E-state index is 13.3. The molecule has 12 nitrogen and oxygen atoms in total. The van der Waals surface area contributed by atoms with Gasteiger partial charge in [0.15, 0.2) is 0 Å². The Balaban J connectivity index is 1.47. The smallest absolute Gasteiger partial charge is 0.317 e. The standard InChI is InChI=1S/C52H86N6O6/c1-3-5-7-9-11-13-15-17-19-21-23-45-25-29-47(30-26-45)53-49(59)41-55-33-37-57(43-51(61)62)39-35-56(36-40-58(38-34-55)44-52(63)64)42-50(60)54-48-31-27-46(28-32-48)24-22-20-18-16-14-12-10-8-6-4-2/h25-32H,3-24,33-44H2,1-2H3,(H,53,59)(H,54,60)(H,61,62)(H,63,64). The fourth-order valence-electron chi connectivity index (χ4n) is 8.54.